The summed E-state index contributed by atoms with van der Waals surface area (Å²) in [6, 6.07) is 17.1. The van der Waals surface area contributed by atoms with Gasteiger partial charge in [-0.1, -0.05) is 34.1 Å². The van der Waals surface area contributed by atoms with Crippen LogP contribution in [0.2, 0.25) is 0 Å². The Morgan fingerprint density at radius 1 is 1.04 bits per heavy atom. The molecule has 23 heavy (non-hydrogen) atoms. The van der Waals surface area contributed by atoms with Crippen LogP contribution in [0.25, 0.3) is 0 Å². The lowest BCUT2D eigenvalue weighted by molar-refractivity contribution is -0.118. The van der Waals surface area contributed by atoms with Crippen molar-refractivity contribution in [3.05, 3.63) is 59.1 Å². The number of nitrogens with two attached hydrogens (primary N) is 1. The Kier molecular flexibility index (Phi) is 6.67. The predicted molar refractivity (Wildman–Crippen MR) is 97.5 cm³/mol. The quantitative estimate of drug-likeness (QED) is 0.733. The molecular formula is C17H17BrN2O2S. The van der Waals surface area contributed by atoms with Crippen molar-refractivity contribution in [2.75, 3.05) is 17.2 Å². The number of amides is 2. The molecule has 0 saturated heterocycles. The maximum Gasteiger partial charge on any atom is 0.237 e. The summed E-state index contributed by atoms with van der Waals surface area (Å²) in [6.07, 6.45) is 0.142. The van der Waals surface area contributed by atoms with Gasteiger partial charge in [0.1, 0.15) is 0 Å². The third-order valence-electron chi connectivity index (χ3n) is 3.13. The molecule has 0 aliphatic rings. The molecule has 0 aliphatic carbocycles. The summed E-state index contributed by atoms with van der Waals surface area (Å²) in [5.74, 6) is -0.167. The van der Waals surface area contributed by atoms with E-state index < -0.39 is 5.91 Å². The van der Waals surface area contributed by atoms with Crippen molar-refractivity contribution in [3.63, 3.8) is 0 Å². The summed E-state index contributed by atoms with van der Waals surface area (Å²) in [6.45, 7) is 0.291. The van der Waals surface area contributed by atoms with E-state index in [9.17, 15) is 9.59 Å². The van der Waals surface area contributed by atoms with Gasteiger partial charge in [-0.15, -0.1) is 11.8 Å². The molecule has 2 N–H and O–H groups in total. The zero-order chi connectivity index (χ0) is 16.7. The van der Waals surface area contributed by atoms with Gasteiger partial charge in [-0.2, -0.15) is 0 Å². The molecule has 6 heteroatoms. The maximum atomic E-state index is 12.5. The van der Waals surface area contributed by atoms with Crippen LogP contribution in [-0.4, -0.2) is 24.1 Å². The van der Waals surface area contributed by atoms with Gasteiger partial charge in [0, 0.05) is 28.0 Å². The molecule has 0 spiro atoms. The summed E-state index contributed by atoms with van der Waals surface area (Å²) in [5.41, 5.74) is 5.98. The van der Waals surface area contributed by atoms with E-state index in [1.807, 2.05) is 54.6 Å². The molecular weight excluding hydrogens is 376 g/mol. The van der Waals surface area contributed by atoms with Crippen molar-refractivity contribution < 1.29 is 9.59 Å². The number of anilines is 1. The first-order valence-corrected chi connectivity index (χ1v) is 8.86. The van der Waals surface area contributed by atoms with E-state index >= 15 is 0 Å². The van der Waals surface area contributed by atoms with Crippen molar-refractivity contribution in [3.8, 4) is 0 Å². The Labute approximate surface area is 148 Å². The normalized spacial score (nSPS) is 10.3. The van der Waals surface area contributed by atoms with Gasteiger partial charge in [0.15, 0.2) is 0 Å². The minimum atomic E-state index is -0.417. The Morgan fingerprint density at radius 3 is 2.30 bits per heavy atom. The standard InChI is InChI=1S/C17H17BrN2O2S/c18-13-6-8-15(9-7-13)23-12-17(22)20(11-10-16(19)21)14-4-2-1-3-5-14/h1-9H,10-12H2,(H2,19,21). The fourth-order valence-corrected chi connectivity index (χ4v) is 3.02. The van der Waals surface area contributed by atoms with Crippen LogP contribution in [0.1, 0.15) is 6.42 Å². The highest BCUT2D eigenvalue weighted by Crippen LogP contribution is 2.22. The molecule has 0 atom stereocenters. The molecule has 2 aromatic rings. The molecule has 0 aromatic heterocycles. The van der Waals surface area contributed by atoms with Gasteiger partial charge >= 0.3 is 0 Å². The van der Waals surface area contributed by atoms with Crippen molar-refractivity contribution in [1.29, 1.82) is 0 Å². The molecule has 0 saturated carbocycles. The monoisotopic (exact) mass is 392 g/mol. The van der Waals surface area contributed by atoms with Gasteiger partial charge in [-0.05, 0) is 36.4 Å². The van der Waals surface area contributed by atoms with Gasteiger partial charge in [-0.25, -0.2) is 0 Å². The zero-order valence-electron chi connectivity index (χ0n) is 12.4. The van der Waals surface area contributed by atoms with Gasteiger partial charge < -0.3 is 10.6 Å². The average molecular weight is 393 g/mol. The topological polar surface area (TPSA) is 63.4 Å². The number of hydrogen-bond donors (Lipinski definition) is 1. The van der Waals surface area contributed by atoms with Crippen LogP contribution >= 0.6 is 27.7 Å². The lowest BCUT2D eigenvalue weighted by Crippen LogP contribution is -2.35. The summed E-state index contributed by atoms with van der Waals surface area (Å²) in [4.78, 5) is 26.2. The fourth-order valence-electron chi connectivity index (χ4n) is 1.98. The second kappa shape index (κ2) is 8.74. The lowest BCUT2D eigenvalue weighted by Gasteiger charge is -2.22. The number of thioether (sulfide) groups is 1. The third-order valence-corrected chi connectivity index (χ3v) is 4.65. The lowest BCUT2D eigenvalue weighted by atomic mass is 10.2. The molecule has 120 valence electrons. The SMILES string of the molecule is NC(=O)CCN(C(=O)CSc1ccc(Br)cc1)c1ccccc1. The maximum absolute atomic E-state index is 12.5. The average Bonchev–Trinajstić information content (AvgIpc) is 2.55. The second-order valence-electron chi connectivity index (χ2n) is 4.84. The number of hydrogen-bond acceptors (Lipinski definition) is 3. The number of para-hydroxylation sites is 1. The van der Waals surface area contributed by atoms with Crippen LogP contribution in [0.3, 0.4) is 0 Å². The number of primary amides is 1. The number of carbonyl (C=O) groups is 2. The van der Waals surface area contributed by atoms with E-state index in [4.69, 9.17) is 5.73 Å². The highest BCUT2D eigenvalue weighted by Gasteiger charge is 2.16. The van der Waals surface area contributed by atoms with Crippen LogP contribution in [0, 0.1) is 0 Å². The molecule has 0 fully saturated rings. The molecule has 0 unspecified atom stereocenters. The second-order valence-corrected chi connectivity index (χ2v) is 6.80. The first kappa shape index (κ1) is 17.6. The van der Waals surface area contributed by atoms with Crippen molar-refractivity contribution in [1.82, 2.24) is 0 Å². The summed E-state index contributed by atoms with van der Waals surface area (Å²) >= 11 is 4.85. The Hall–Kier alpha value is -1.79. The van der Waals surface area contributed by atoms with Crippen LogP contribution in [-0.2, 0) is 9.59 Å². The third kappa shape index (κ3) is 5.73. The van der Waals surface area contributed by atoms with Crippen LogP contribution in [0.15, 0.2) is 64.0 Å². The molecule has 0 radical (unpaired) electrons. The van der Waals surface area contributed by atoms with Crippen LogP contribution in [0.4, 0.5) is 5.69 Å². The number of carbonyl (C=O) groups excluding carboxylic acids is 2. The van der Waals surface area contributed by atoms with Crippen LogP contribution in [0.5, 0.6) is 0 Å². The Morgan fingerprint density at radius 2 is 1.70 bits per heavy atom. The number of benzene rings is 2. The van der Waals surface area contributed by atoms with Gasteiger partial charge in [0.05, 0.1) is 5.75 Å². The van der Waals surface area contributed by atoms with E-state index in [-0.39, 0.29) is 12.3 Å². The first-order chi connectivity index (χ1) is 11.1. The molecule has 2 rings (SSSR count). The van der Waals surface area contributed by atoms with E-state index in [1.165, 1.54) is 11.8 Å². The first-order valence-electron chi connectivity index (χ1n) is 7.08. The van der Waals surface area contributed by atoms with E-state index in [0.29, 0.717) is 12.3 Å². The molecule has 0 heterocycles. The summed E-state index contributed by atoms with van der Waals surface area (Å²) < 4.78 is 1.00. The largest absolute Gasteiger partial charge is 0.370 e. The number of rotatable bonds is 7. The Balaban J connectivity index is 2.03. The van der Waals surface area contributed by atoms with E-state index in [2.05, 4.69) is 15.9 Å². The van der Waals surface area contributed by atoms with Gasteiger partial charge in [0.2, 0.25) is 11.8 Å². The molecule has 2 amide bonds. The van der Waals surface area contributed by atoms with Crippen molar-refractivity contribution in [2.24, 2.45) is 5.73 Å². The molecule has 0 aliphatic heterocycles. The summed E-state index contributed by atoms with van der Waals surface area (Å²) in [7, 11) is 0. The summed E-state index contributed by atoms with van der Waals surface area (Å²) in [5, 5.41) is 0. The Bertz CT molecular complexity index is 662. The highest BCUT2D eigenvalue weighted by molar-refractivity contribution is 9.10. The number of nitrogens with zero attached hydrogens (tertiary/aromatic N) is 1. The van der Waals surface area contributed by atoms with Crippen LogP contribution < -0.4 is 10.6 Å². The number of halogens is 1. The van der Waals surface area contributed by atoms with E-state index in [1.54, 1.807) is 4.90 Å². The van der Waals surface area contributed by atoms with Gasteiger partial charge in [0.25, 0.3) is 0 Å². The molecule has 2 aromatic carbocycles. The van der Waals surface area contributed by atoms with Crippen molar-refractivity contribution in [2.45, 2.75) is 11.3 Å². The zero-order valence-corrected chi connectivity index (χ0v) is 14.8. The van der Waals surface area contributed by atoms with E-state index in [0.717, 1.165) is 15.1 Å². The smallest absolute Gasteiger partial charge is 0.237 e. The van der Waals surface area contributed by atoms with Gasteiger partial charge in [-0.3, -0.25) is 9.59 Å². The minimum absolute atomic E-state index is 0.0506. The van der Waals surface area contributed by atoms with Crippen molar-refractivity contribution >= 4 is 45.2 Å². The fraction of sp³-hybridized carbons (Fsp3) is 0.176. The highest BCUT2D eigenvalue weighted by atomic mass is 79.9. The molecule has 4 nitrogen and oxygen atoms in total. The molecule has 0 bridgehead atoms. The predicted octanol–water partition coefficient (Wildman–Crippen LogP) is 3.45. The minimum Gasteiger partial charge on any atom is -0.370 e.